The Balaban J connectivity index is 1.39. The molecule has 0 bridgehead atoms. The van der Waals surface area contributed by atoms with Gasteiger partial charge in [-0.05, 0) is 25.0 Å². The number of hydrogen-bond acceptors (Lipinski definition) is 4. The van der Waals surface area contributed by atoms with Crippen LogP contribution in [0.1, 0.15) is 34.6 Å². The molecule has 2 heterocycles. The van der Waals surface area contributed by atoms with E-state index in [1.165, 1.54) is 5.69 Å². The Kier molecular flexibility index (Phi) is 5.48. The highest BCUT2D eigenvalue weighted by molar-refractivity contribution is 5.94. The van der Waals surface area contributed by atoms with Gasteiger partial charge in [0.25, 0.3) is 5.91 Å². The Labute approximate surface area is 142 Å². The third-order valence-electron chi connectivity index (χ3n) is 4.42. The average Bonchev–Trinajstić information content (AvgIpc) is 3.06. The molecule has 24 heavy (non-hydrogen) atoms. The fourth-order valence-electron chi connectivity index (χ4n) is 2.98. The lowest BCUT2D eigenvalue weighted by molar-refractivity contribution is 0.0947. The smallest absolute Gasteiger partial charge is 0.272 e. The van der Waals surface area contributed by atoms with Crippen molar-refractivity contribution in [2.75, 3.05) is 31.6 Å². The number of carbonyl (C=O) groups excluding carboxylic acids is 1. The summed E-state index contributed by atoms with van der Waals surface area (Å²) in [6.45, 7) is 3.31. The predicted molar refractivity (Wildman–Crippen MR) is 95.3 cm³/mol. The molecule has 1 aliphatic heterocycles. The van der Waals surface area contributed by atoms with Crippen LogP contribution in [0.2, 0.25) is 0 Å². The van der Waals surface area contributed by atoms with E-state index >= 15 is 0 Å². The normalized spacial score (nSPS) is 13.4. The Morgan fingerprint density at radius 3 is 2.96 bits per heavy atom. The van der Waals surface area contributed by atoms with Crippen LogP contribution in [0.5, 0.6) is 0 Å². The maximum atomic E-state index is 12.3. The van der Waals surface area contributed by atoms with Crippen LogP contribution < -0.4 is 15.5 Å². The van der Waals surface area contributed by atoms with Crippen LogP contribution >= 0.6 is 0 Å². The van der Waals surface area contributed by atoms with Gasteiger partial charge in [0.15, 0.2) is 5.69 Å². The van der Waals surface area contributed by atoms with Crippen molar-refractivity contribution in [3.05, 3.63) is 47.3 Å². The van der Waals surface area contributed by atoms with E-state index in [0.717, 1.165) is 50.2 Å². The van der Waals surface area contributed by atoms with Gasteiger partial charge in [0.1, 0.15) is 0 Å². The lowest BCUT2D eigenvalue weighted by Gasteiger charge is -2.19. The molecule has 6 heteroatoms. The van der Waals surface area contributed by atoms with Crippen LogP contribution in [0, 0.1) is 0 Å². The number of aromatic nitrogens is 2. The molecule has 2 aromatic rings. The number of nitrogens with one attached hydrogen (secondary N) is 3. The third kappa shape index (κ3) is 3.94. The summed E-state index contributed by atoms with van der Waals surface area (Å²) < 4.78 is 0. The molecule has 0 fully saturated rings. The van der Waals surface area contributed by atoms with Crippen LogP contribution in [0.25, 0.3) is 0 Å². The highest BCUT2D eigenvalue weighted by Crippen LogP contribution is 2.15. The first-order chi connectivity index (χ1) is 11.8. The monoisotopic (exact) mass is 327 g/mol. The van der Waals surface area contributed by atoms with Gasteiger partial charge in [-0.3, -0.25) is 9.89 Å². The molecule has 6 nitrogen and oxygen atoms in total. The Morgan fingerprint density at radius 2 is 2.12 bits per heavy atom. The zero-order valence-electron chi connectivity index (χ0n) is 14.1. The first-order valence-corrected chi connectivity index (χ1v) is 8.57. The van der Waals surface area contributed by atoms with E-state index in [0.29, 0.717) is 12.2 Å². The van der Waals surface area contributed by atoms with Gasteiger partial charge in [0.2, 0.25) is 0 Å². The number of H-pyrrole nitrogens is 1. The molecule has 1 aromatic heterocycles. The van der Waals surface area contributed by atoms with Crippen LogP contribution in [-0.2, 0) is 13.0 Å². The van der Waals surface area contributed by atoms with Gasteiger partial charge >= 0.3 is 0 Å². The number of para-hydroxylation sites is 1. The molecular weight excluding hydrogens is 302 g/mol. The van der Waals surface area contributed by atoms with Crippen LogP contribution in [0.3, 0.4) is 0 Å². The second-order valence-electron chi connectivity index (χ2n) is 6.18. The average molecular weight is 327 g/mol. The number of hydrogen-bond donors (Lipinski definition) is 3. The van der Waals surface area contributed by atoms with Gasteiger partial charge in [-0.15, -0.1) is 0 Å². The summed E-state index contributed by atoms with van der Waals surface area (Å²) in [4.78, 5) is 14.5. The van der Waals surface area contributed by atoms with E-state index in [4.69, 9.17) is 0 Å². The quantitative estimate of drug-likeness (QED) is 0.677. The Morgan fingerprint density at radius 1 is 1.29 bits per heavy atom. The number of rotatable bonds is 7. The molecule has 0 radical (unpaired) electrons. The van der Waals surface area contributed by atoms with E-state index in [1.54, 1.807) is 0 Å². The SMILES string of the molecule is CN(CCCCNC(=O)c1n[nH]c2c1CNCC2)c1ccccc1. The Hall–Kier alpha value is -2.34. The third-order valence-corrected chi connectivity index (χ3v) is 4.42. The zero-order valence-corrected chi connectivity index (χ0v) is 14.1. The largest absolute Gasteiger partial charge is 0.375 e. The maximum Gasteiger partial charge on any atom is 0.272 e. The number of fused-ring (bicyclic) bond motifs is 1. The number of nitrogens with zero attached hydrogens (tertiary/aromatic N) is 2. The molecule has 3 rings (SSSR count). The van der Waals surface area contributed by atoms with Crippen molar-refractivity contribution >= 4 is 11.6 Å². The first kappa shape index (κ1) is 16.5. The first-order valence-electron chi connectivity index (χ1n) is 8.57. The molecule has 3 N–H and O–H groups in total. The standard InChI is InChI=1S/C18H25N5O/c1-23(14-7-3-2-4-8-14)12-6-5-10-20-18(24)17-15-13-19-11-9-16(15)21-22-17/h2-4,7-8,19H,5-6,9-13H2,1H3,(H,20,24)(H,21,22). The van der Waals surface area contributed by atoms with E-state index < -0.39 is 0 Å². The van der Waals surface area contributed by atoms with Crippen molar-refractivity contribution in [1.82, 2.24) is 20.8 Å². The summed E-state index contributed by atoms with van der Waals surface area (Å²) >= 11 is 0. The lowest BCUT2D eigenvalue weighted by atomic mass is 10.1. The summed E-state index contributed by atoms with van der Waals surface area (Å²) in [7, 11) is 2.09. The number of amides is 1. The van der Waals surface area contributed by atoms with Gasteiger partial charge in [-0.25, -0.2) is 0 Å². The van der Waals surface area contributed by atoms with Crippen LogP contribution in [0.4, 0.5) is 5.69 Å². The van der Waals surface area contributed by atoms with Crippen molar-refractivity contribution in [2.24, 2.45) is 0 Å². The summed E-state index contributed by atoms with van der Waals surface area (Å²) in [6, 6.07) is 10.3. The maximum absolute atomic E-state index is 12.3. The lowest BCUT2D eigenvalue weighted by Crippen LogP contribution is -2.29. The molecule has 1 amide bonds. The van der Waals surface area contributed by atoms with Crippen LogP contribution in [-0.4, -0.2) is 42.8 Å². The fourth-order valence-corrected chi connectivity index (χ4v) is 2.98. The molecule has 0 saturated carbocycles. The van der Waals surface area contributed by atoms with Gasteiger partial charge in [-0.1, -0.05) is 18.2 Å². The van der Waals surface area contributed by atoms with E-state index in [9.17, 15) is 4.79 Å². The molecule has 0 atom stereocenters. The summed E-state index contributed by atoms with van der Waals surface area (Å²) in [6.07, 6.45) is 2.89. The van der Waals surface area contributed by atoms with Crippen molar-refractivity contribution < 1.29 is 4.79 Å². The zero-order chi connectivity index (χ0) is 16.8. The van der Waals surface area contributed by atoms with Crippen molar-refractivity contribution in [3.8, 4) is 0 Å². The molecule has 0 aliphatic carbocycles. The number of benzene rings is 1. The minimum atomic E-state index is -0.0763. The summed E-state index contributed by atoms with van der Waals surface area (Å²) in [5.74, 6) is -0.0763. The highest BCUT2D eigenvalue weighted by atomic mass is 16.1. The minimum Gasteiger partial charge on any atom is -0.375 e. The predicted octanol–water partition coefficient (Wildman–Crippen LogP) is 1.70. The van der Waals surface area contributed by atoms with Gasteiger partial charge in [-0.2, -0.15) is 5.10 Å². The number of carbonyl (C=O) groups is 1. The highest BCUT2D eigenvalue weighted by Gasteiger charge is 2.20. The van der Waals surface area contributed by atoms with E-state index in [2.05, 4.69) is 44.9 Å². The molecule has 128 valence electrons. The Bertz CT molecular complexity index is 667. The number of unbranched alkanes of at least 4 members (excludes halogenated alkanes) is 1. The molecule has 0 spiro atoms. The minimum absolute atomic E-state index is 0.0763. The van der Waals surface area contributed by atoms with E-state index in [-0.39, 0.29) is 5.91 Å². The molecule has 0 unspecified atom stereocenters. The molecular formula is C18H25N5O. The second kappa shape index (κ2) is 7.97. The van der Waals surface area contributed by atoms with Gasteiger partial charge in [0, 0.05) is 56.6 Å². The molecule has 1 aromatic carbocycles. The molecule has 0 saturated heterocycles. The second-order valence-corrected chi connectivity index (χ2v) is 6.18. The topological polar surface area (TPSA) is 73.0 Å². The fraction of sp³-hybridized carbons (Fsp3) is 0.444. The van der Waals surface area contributed by atoms with Gasteiger partial charge in [0.05, 0.1) is 0 Å². The van der Waals surface area contributed by atoms with Crippen molar-refractivity contribution in [3.63, 3.8) is 0 Å². The number of anilines is 1. The summed E-state index contributed by atoms with van der Waals surface area (Å²) in [5.41, 5.74) is 3.86. The van der Waals surface area contributed by atoms with Crippen molar-refractivity contribution in [1.29, 1.82) is 0 Å². The van der Waals surface area contributed by atoms with Crippen molar-refractivity contribution in [2.45, 2.75) is 25.8 Å². The summed E-state index contributed by atoms with van der Waals surface area (Å²) in [5, 5.41) is 13.4. The van der Waals surface area contributed by atoms with Gasteiger partial charge < -0.3 is 15.5 Å². The van der Waals surface area contributed by atoms with Crippen LogP contribution in [0.15, 0.2) is 30.3 Å². The molecule has 1 aliphatic rings. The van der Waals surface area contributed by atoms with E-state index in [1.807, 2.05) is 18.2 Å². The number of aromatic amines is 1.